The fourth-order valence-electron chi connectivity index (χ4n) is 5.50. The standard InChI is InChI=1S/C28H31Cl2N5O3/c1-33-27(38)35(23-14-21(29)13-22(30)15-23)26(37)28(33)18-34(25(36)7-5-3-2-4-6-12-31)17-24(28)20-10-8-19(16-32)9-11-20/h8-11,13-15,24H,2-7,12,17-18,31H2,1H3/t24-,28?/m0/s1. The predicted octanol–water partition coefficient (Wildman–Crippen LogP) is 4.93. The molecule has 2 saturated heterocycles. The number of anilines is 1. The van der Waals surface area contributed by atoms with Crippen LogP contribution in [0.5, 0.6) is 0 Å². The maximum atomic E-state index is 14.2. The van der Waals surface area contributed by atoms with E-state index in [1.807, 2.05) is 0 Å². The zero-order valence-corrected chi connectivity index (χ0v) is 22.8. The zero-order valence-electron chi connectivity index (χ0n) is 21.3. The molecule has 2 aromatic carbocycles. The quantitative estimate of drug-likeness (QED) is 0.348. The lowest BCUT2D eigenvalue weighted by molar-refractivity contribution is -0.131. The summed E-state index contributed by atoms with van der Waals surface area (Å²) in [6.07, 6.45) is 5.11. The van der Waals surface area contributed by atoms with Gasteiger partial charge in [-0.3, -0.25) is 9.59 Å². The fraction of sp³-hybridized carbons (Fsp3) is 0.429. The number of rotatable bonds is 9. The molecule has 2 fully saturated rings. The van der Waals surface area contributed by atoms with Gasteiger partial charge < -0.3 is 15.5 Å². The number of nitriles is 1. The summed E-state index contributed by atoms with van der Waals surface area (Å²) in [4.78, 5) is 45.2. The number of likely N-dealkylation sites (N-methyl/N-ethyl adjacent to an activating group) is 1. The normalized spacial score (nSPS) is 21.0. The lowest BCUT2D eigenvalue weighted by atomic mass is 9.80. The van der Waals surface area contributed by atoms with E-state index in [9.17, 15) is 19.6 Å². The monoisotopic (exact) mass is 555 g/mol. The van der Waals surface area contributed by atoms with E-state index in [1.165, 1.54) is 23.1 Å². The molecule has 0 aromatic heterocycles. The van der Waals surface area contributed by atoms with Crippen molar-refractivity contribution in [1.82, 2.24) is 9.80 Å². The van der Waals surface area contributed by atoms with Gasteiger partial charge in [-0.25, -0.2) is 9.69 Å². The van der Waals surface area contributed by atoms with Gasteiger partial charge >= 0.3 is 6.03 Å². The van der Waals surface area contributed by atoms with Crippen LogP contribution in [0.3, 0.4) is 0 Å². The van der Waals surface area contributed by atoms with Crippen LogP contribution in [0, 0.1) is 11.3 Å². The van der Waals surface area contributed by atoms with Crippen LogP contribution in [0.4, 0.5) is 10.5 Å². The largest absolute Gasteiger partial charge is 0.339 e. The molecule has 2 atom stereocenters. The highest BCUT2D eigenvalue weighted by Crippen LogP contribution is 2.46. The number of urea groups is 1. The van der Waals surface area contributed by atoms with Crippen molar-refractivity contribution in [3.05, 3.63) is 63.6 Å². The van der Waals surface area contributed by atoms with E-state index >= 15 is 0 Å². The SMILES string of the molecule is CN1C(=O)N(c2cc(Cl)cc(Cl)c2)C(=O)C12CN(C(=O)CCCCCCCN)C[C@H]2c1ccc(C#N)cc1. The van der Waals surface area contributed by atoms with Gasteiger partial charge in [0, 0.05) is 36.0 Å². The minimum atomic E-state index is -1.31. The number of nitrogens with two attached hydrogens (primary N) is 1. The number of halogens is 2. The summed E-state index contributed by atoms with van der Waals surface area (Å²) >= 11 is 12.4. The third kappa shape index (κ3) is 5.24. The van der Waals surface area contributed by atoms with E-state index in [0.29, 0.717) is 28.6 Å². The number of carbonyl (C=O) groups excluding carboxylic acids is 3. The van der Waals surface area contributed by atoms with E-state index in [1.54, 1.807) is 36.2 Å². The maximum absolute atomic E-state index is 14.2. The smallest absolute Gasteiger partial charge is 0.332 e. The van der Waals surface area contributed by atoms with Crippen molar-refractivity contribution in [1.29, 1.82) is 5.26 Å². The molecule has 2 N–H and O–H groups in total. The molecule has 1 spiro atoms. The van der Waals surface area contributed by atoms with Crippen molar-refractivity contribution in [2.75, 3.05) is 31.6 Å². The van der Waals surface area contributed by atoms with Gasteiger partial charge in [-0.15, -0.1) is 0 Å². The van der Waals surface area contributed by atoms with Crippen molar-refractivity contribution in [2.24, 2.45) is 5.73 Å². The van der Waals surface area contributed by atoms with Gasteiger partial charge in [-0.2, -0.15) is 5.26 Å². The number of benzene rings is 2. The first-order chi connectivity index (χ1) is 18.2. The van der Waals surface area contributed by atoms with Crippen molar-refractivity contribution < 1.29 is 14.4 Å². The van der Waals surface area contributed by atoms with Crippen LogP contribution >= 0.6 is 23.2 Å². The average Bonchev–Trinajstić information content (AvgIpc) is 3.39. The number of imide groups is 1. The summed E-state index contributed by atoms with van der Waals surface area (Å²) in [7, 11) is 1.59. The molecule has 4 amide bonds. The van der Waals surface area contributed by atoms with Crippen LogP contribution in [0.1, 0.15) is 55.6 Å². The molecule has 10 heteroatoms. The maximum Gasteiger partial charge on any atom is 0.332 e. The number of hydrogen-bond acceptors (Lipinski definition) is 5. The summed E-state index contributed by atoms with van der Waals surface area (Å²) in [6.45, 7) is 1.03. The number of likely N-dealkylation sites (tertiary alicyclic amines) is 1. The topological polar surface area (TPSA) is 111 Å². The molecular weight excluding hydrogens is 525 g/mol. The third-order valence-corrected chi connectivity index (χ3v) is 7.99. The second-order valence-electron chi connectivity index (χ2n) is 9.90. The molecule has 2 aliphatic rings. The number of hydrogen-bond donors (Lipinski definition) is 1. The highest BCUT2D eigenvalue weighted by Gasteiger charge is 2.64. The average molecular weight is 556 g/mol. The first kappa shape index (κ1) is 27.9. The van der Waals surface area contributed by atoms with Crippen LogP contribution in [-0.4, -0.2) is 59.9 Å². The van der Waals surface area contributed by atoms with Crippen LogP contribution in [0.25, 0.3) is 0 Å². The van der Waals surface area contributed by atoms with Crippen molar-refractivity contribution in [3.63, 3.8) is 0 Å². The number of nitrogens with zero attached hydrogens (tertiary/aromatic N) is 4. The second kappa shape index (κ2) is 11.7. The molecule has 1 unspecified atom stereocenters. The minimum Gasteiger partial charge on any atom is -0.339 e. The number of unbranched alkanes of at least 4 members (excludes halogenated alkanes) is 4. The third-order valence-electron chi connectivity index (χ3n) is 7.56. The van der Waals surface area contributed by atoms with Crippen molar-refractivity contribution in [3.8, 4) is 6.07 Å². The van der Waals surface area contributed by atoms with Gasteiger partial charge in [0.2, 0.25) is 5.91 Å². The van der Waals surface area contributed by atoms with Crippen molar-refractivity contribution >= 4 is 46.7 Å². The molecule has 200 valence electrons. The Hall–Kier alpha value is -3.12. The molecular formula is C28H31Cl2N5O3. The van der Waals surface area contributed by atoms with E-state index in [-0.39, 0.29) is 24.7 Å². The van der Waals surface area contributed by atoms with Gasteiger partial charge in [0.15, 0.2) is 0 Å². The molecule has 4 rings (SSSR count). The van der Waals surface area contributed by atoms with Gasteiger partial charge in [0.25, 0.3) is 5.91 Å². The van der Waals surface area contributed by atoms with E-state index in [0.717, 1.165) is 42.6 Å². The molecule has 0 bridgehead atoms. The Morgan fingerprint density at radius 3 is 2.32 bits per heavy atom. The van der Waals surface area contributed by atoms with Gasteiger partial charge in [-0.1, -0.05) is 54.6 Å². The molecule has 0 saturated carbocycles. The Balaban J connectivity index is 1.65. The fourth-order valence-corrected chi connectivity index (χ4v) is 6.02. The Bertz CT molecular complexity index is 1240. The van der Waals surface area contributed by atoms with Crippen LogP contribution < -0.4 is 10.6 Å². The van der Waals surface area contributed by atoms with E-state index in [2.05, 4.69) is 6.07 Å². The Morgan fingerprint density at radius 2 is 1.68 bits per heavy atom. The second-order valence-corrected chi connectivity index (χ2v) is 10.8. The summed E-state index contributed by atoms with van der Waals surface area (Å²) < 4.78 is 0. The number of carbonyl (C=O) groups is 3. The van der Waals surface area contributed by atoms with Crippen LogP contribution in [-0.2, 0) is 9.59 Å². The molecule has 2 heterocycles. The molecule has 2 aromatic rings. The Labute approximate surface area is 232 Å². The number of amides is 4. The molecule has 0 aliphatic carbocycles. The predicted molar refractivity (Wildman–Crippen MR) is 147 cm³/mol. The summed E-state index contributed by atoms with van der Waals surface area (Å²) in [5, 5.41) is 9.85. The first-order valence-corrected chi connectivity index (χ1v) is 13.5. The summed E-state index contributed by atoms with van der Waals surface area (Å²) in [6, 6.07) is 13.1. The van der Waals surface area contributed by atoms with Crippen LogP contribution in [0.2, 0.25) is 10.0 Å². The molecule has 8 nitrogen and oxygen atoms in total. The Kier molecular flexibility index (Phi) is 8.61. The Morgan fingerprint density at radius 1 is 1.05 bits per heavy atom. The van der Waals surface area contributed by atoms with Crippen molar-refractivity contribution in [2.45, 2.75) is 50.0 Å². The zero-order chi connectivity index (χ0) is 27.4. The van der Waals surface area contributed by atoms with E-state index < -0.39 is 23.4 Å². The molecule has 2 aliphatic heterocycles. The highest BCUT2D eigenvalue weighted by molar-refractivity contribution is 6.35. The first-order valence-electron chi connectivity index (χ1n) is 12.8. The van der Waals surface area contributed by atoms with Gasteiger partial charge in [0.05, 0.1) is 23.9 Å². The molecule has 0 radical (unpaired) electrons. The summed E-state index contributed by atoms with van der Waals surface area (Å²) in [5.41, 5.74) is 5.79. The van der Waals surface area contributed by atoms with Gasteiger partial charge in [-0.05, 0) is 55.3 Å². The van der Waals surface area contributed by atoms with Gasteiger partial charge in [0.1, 0.15) is 5.54 Å². The summed E-state index contributed by atoms with van der Waals surface area (Å²) in [5.74, 6) is -0.961. The lowest BCUT2D eigenvalue weighted by Crippen LogP contribution is -2.54. The minimum absolute atomic E-state index is 0.0442. The molecule has 38 heavy (non-hydrogen) atoms. The lowest BCUT2D eigenvalue weighted by Gasteiger charge is -2.33. The highest BCUT2D eigenvalue weighted by atomic mass is 35.5. The van der Waals surface area contributed by atoms with E-state index in [4.69, 9.17) is 28.9 Å². The van der Waals surface area contributed by atoms with Crippen LogP contribution in [0.15, 0.2) is 42.5 Å².